The molecule has 0 saturated carbocycles. The lowest BCUT2D eigenvalue weighted by atomic mass is 10.0. The van der Waals surface area contributed by atoms with Gasteiger partial charge in [0, 0.05) is 6.04 Å². The number of hydrogen-bond donors (Lipinski definition) is 1. The van der Waals surface area contributed by atoms with Gasteiger partial charge in [0.15, 0.2) is 0 Å². The highest BCUT2D eigenvalue weighted by atomic mass is 16.5. The molecule has 1 unspecified atom stereocenters. The van der Waals surface area contributed by atoms with Crippen molar-refractivity contribution < 1.29 is 9.47 Å². The van der Waals surface area contributed by atoms with Crippen LogP contribution in [0, 0.1) is 0 Å². The molecule has 1 aliphatic heterocycles. The summed E-state index contributed by atoms with van der Waals surface area (Å²) in [5.74, 6) is 1.81. The van der Waals surface area contributed by atoms with E-state index >= 15 is 0 Å². The molecule has 0 aromatic heterocycles. The Kier molecular flexibility index (Phi) is 2.59. The van der Waals surface area contributed by atoms with Crippen molar-refractivity contribution in [2.75, 3.05) is 13.7 Å². The summed E-state index contributed by atoms with van der Waals surface area (Å²) in [5, 5.41) is 0. The molecule has 3 heteroatoms. The quantitative estimate of drug-likeness (QED) is 0.732. The first-order valence-electron chi connectivity index (χ1n) is 4.85. The molecular formula is C11H15NO2. The molecule has 1 aliphatic rings. The first-order chi connectivity index (χ1) is 6.79. The Morgan fingerprint density at radius 1 is 1.50 bits per heavy atom. The van der Waals surface area contributed by atoms with Crippen LogP contribution in [0.1, 0.15) is 12.0 Å². The summed E-state index contributed by atoms with van der Waals surface area (Å²) in [7, 11) is 1.67. The Balaban J connectivity index is 2.32. The molecule has 0 spiro atoms. The molecule has 76 valence electrons. The summed E-state index contributed by atoms with van der Waals surface area (Å²) in [5.41, 5.74) is 7.07. The van der Waals surface area contributed by atoms with E-state index in [0.29, 0.717) is 6.61 Å². The van der Waals surface area contributed by atoms with Gasteiger partial charge in [0.25, 0.3) is 0 Å². The average Bonchev–Trinajstić information content (AvgIpc) is 2.37. The van der Waals surface area contributed by atoms with Crippen LogP contribution in [0.15, 0.2) is 18.2 Å². The van der Waals surface area contributed by atoms with Gasteiger partial charge in [-0.15, -0.1) is 0 Å². The zero-order valence-electron chi connectivity index (χ0n) is 8.32. The summed E-state index contributed by atoms with van der Waals surface area (Å²) in [6, 6.07) is 6.06. The maximum Gasteiger partial charge on any atom is 0.122 e. The first kappa shape index (κ1) is 9.34. The maximum absolute atomic E-state index is 5.92. The van der Waals surface area contributed by atoms with Crippen molar-refractivity contribution in [3.63, 3.8) is 0 Å². The standard InChI is InChI=1S/C11H15NO2/c1-13-10-2-3-11-8(7-10)6-9(12)4-5-14-11/h2-3,7,9H,4-6,12H2,1H3. The van der Waals surface area contributed by atoms with E-state index in [1.807, 2.05) is 18.2 Å². The second-order valence-corrected chi connectivity index (χ2v) is 3.57. The third-order valence-corrected chi connectivity index (χ3v) is 2.50. The largest absolute Gasteiger partial charge is 0.497 e. The van der Waals surface area contributed by atoms with Gasteiger partial charge in [0.1, 0.15) is 11.5 Å². The molecule has 1 atom stereocenters. The Morgan fingerprint density at radius 3 is 3.14 bits per heavy atom. The van der Waals surface area contributed by atoms with Crippen molar-refractivity contribution >= 4 is 0 Å². The summed E-state index contributed by atoms with van der Waals surface area (Å²) >= 11 is 0. The molecule has 0 bridgehead atoms. The molecule has 0 fully saturated rings. The summed E-state index contributed by atoms with van der Waals surface area (Å²) < 4.78 is 10.7. The predicted molar refractivity (Wildman–Crippen MR) is 54.8 cm³/mol. The van der Waals surface area contributed by atoms with Crippen LogP contribution >= 0.6 is 0 Å². The first-order valence-corrected chi connectivity index (χ1v) is 4.85. The lowest BCUT2D eigenvalue weighted by Crippen LogP contribution is -2.22. The van der Waals surface area contributed by atoms with Crippen LogP contribution in [0.3, 0.4) is 0 Å². The van der Waals surface area contributed by atoms with Gasteiger partial charge in [-0.1, -0.05) is 0 Å². The Morgan fingerprint density at radius 2 is 2.36 bits per heavy atom. The molecule has 0 amide bonds. The number of hydrogen-bond acceptors (Lipinski definition) is 3. The molecule has 1 aromatic rings. The minimum Gasteiger partial charge on any atom is -0.497 e. The van der Waals surface area contributed by atoms with Crippen molar-refractivity contribution in [1.29, 1.82) is 0 Å². The lowest BCUT2D eigenvalue weighted by molar-refractivity contribution is 0.309. The van der Waals surface area contributed by atoms with E-state index in [0.717, 1.165) is 29.9 Å². The van der Waals surface area contributed by atoms with E-state index in [1.165, 1.54) is 0 Å². The van der Waals surface area contributed by atoms with Gasteiger partial charge >= 0.3 is 0 Å². The van der Waals surface area contributed by atoms with Crippen molar-refractivity contribution in [1.82, 2.24) is 0 Å². The number of fused-ring (bicyclic) bond motifs is 1. The van der Waals surface area contributed by atoms with Crippen LogP contribution in [0.25, 0.3) is 0 Å². The SMILES string of the molecule is COc1ccc2c(c1)CC(N)CCO2. The van der Waals surface area contributed by atoms with E-state index < -0.39 is 0 Å². The summed E-state index contributed by atoms with van der Waals surface area (Å²) in [6.45, 7) is 0.709. The van der Waals surface area contributed by atoms with Crippen LogP contribution in [0.2, 0.25) is 0 Å². The van der Waals surface area contributed by atoms with Crippen LogP contribution in [0.5, 0.6) is 11.5 Å². The molecule has 1 aromatic carbocycles. The minimum atomic E-state index is 0.198. The van der Waals surface area contributed by atoms with Gasteiger partial charge in [-0.3, -0.25) is 0 Å². The fourth-order valence-electron chi connectivity index (χ4n) is 1.69. The highest BCUT2D eigenvalue weighted by Gasteiger charge is 2.14. The highest BCUT2D eigenvalue weighted by Crippen LogP contribution is 2.27. The van der Waals surface area contributed by atoms with Crippen molar-refractivity contribution in [2.24, 2.45) is 5.73 Å². The predicted octanol–water partition coefficient (Wildman–Crippen LogP) is 1.35. The van der Waals surface area contributed by atoms with Gasteiger partial charge in [-0.05, 0) is 36.6 Å². The molecule has 0 saturated heterocycles. The fraction of sp³-hybridized carbons (Fsp3) is 0.455. The average molecular weight is 193 g/mol. The molecule has 3 nitrogen and oxygen atoms in total. The second-order valence-electron chi connectivity index (χ2n) is 3.57. The van der Waals surface area contributed by atoms with Crippen molar-refractivity contribution in [3.05, 3.63) is 23.8 Å². The molecule has 2 N–H and O–H groups in total. The van der Waals surface area contributed by atoms with Crippen LogP contribution < -0.4 is 15.2 Å². The van der Waals surface area contributed by atoms with E-state index in [2.05, 4.69) is 0 Å². The molecule has 14 heavy (non-hydrogen) atoms. The molecule has 1 heterocycles. The van der Waals surface area contributed by atoms with Gasteiger partial charge in [-0.2, -0.15) is 0 Å². The zero-order valence-corrected chi connectivity index (χ0v) is 8.32. The Labute approximate surface area is 83.8 Å². The molecule has 2 rings (SSSR count). The molecule has 0 radical (unpaired) electrons. The fourth-order valence-corrected chi connectivity index (χ4v) is 1.69. The highest BCUT2D eigenvalue weighted by molar-refractivity contribution is 5.41. The van der Waals surface area contributed by atoms with Crippen LogP contribution in [-0.4, -0.2) is 19.8 Å². The minimum absolute atomic E-state index is 0.198. The van der Waals surface area contributed by atoms with Gasteiger partial charge in [-0.25, -0.2) is 0 Å². The van der Waals surface area contributed by atoms with E-state index in [1.54, 1.807) is 7.11 Å². The third-order valence-electron chi connectivity index (χ3n) is 2.50. The Bertz CT molecular complexity index is 325. The third kappa shape index (κ3) is 1.82. The number of nitrogens with two attached hydrogens (primary N) is 1. The monoisotopic (exact) mass is 193 g/mol. The summed E-state index contributed by atoms with van der Waals surface area (Å²) in [4.78, 5) is 0. The number of benzene rings is 1. The van der Waals surface area contributed by atoms with Crippen LogP contribution in [0.4, 0.5) is 0 Å². The maximum atomic E-state index is 5.92. The van der Waals surface area contributed by atoms with Crippen LogP contribution in [-0.2, 0) is 6.42 Å². The topological polar surface area (TPSA) is 44.5 Å². The molecule has 0 aliphatic carbocycles. The van der Waals surface area contributed by atoms with Gasteiger partial charge in [0.05, 0.1) is 13.7 Å². The van der Waals surface area contributed by atoms with E-state index in [-0.39, 0.29) is 6.04 Å². The van der Waals surface area contributed by atoms with Crippen molar-refractivity contribution in [2.45, 2.75) is 18.9 Å². The lowest BCUT2D eigenvalue weighted by Gasteiger charge is -2.09. The molecular weight excluding hydrogens is 178 g/mol. The number of ether oxygens (including phenoxy) is 2. The zero-order chi connectivity index (χ0) is 9.97. The normalized spacial score (nSPS) is 20.6. The smallest absolute Gasteiger partial charge is 0.122 e. The Hall–Kier alpha value is -1.22. The summed E-state index contributed by atoms with van der Waals surface area (Å²) in [6.07, 6.45) is 1.78. The number of rotatable bonds is 1. The van der Waals surface area contributed by atoms with E-state index in [9.17, 15) is 0 Å². The van der Waals surface area contributed by atoms with E-state index in [4.69, 9.17) is 15.2 Å². The van der Waals surface area contributed by atoms with Crippen molar-refractivity contribution in [3.8, 4) is 11.5 Å². The number of methoxy groups -OCH3 is 1. The van der Waals surface area contributed by atoms with Gasteiger partial charge < -0.3 is 15.2 Å². The van der Waals surface area contributed by atoms with Gasteiger partial charge in [0.2, 0.25) is 0 Å². The second kappa shape index (κ2) is 3.88.